The standard InChI is InChI=1S/C19H22N6O3S/c1-13-21-18(23-22-13)17(14-7-3-2-4-8-14)24-29(27,28)15-11-16(20-12-15)19(26)25-9-5-6-10-25/h2-4,7-8,11-12,17,20,24H,5-6,9-10H2,1H3,(H,21,22,23). The number of rotatable bonds is 6. The quantitative estimate of drug-likeness (QED) is 0.567. The van der Waals surface area contributed by atoms with Gasteiger partial charge in [0.2, 0.25) is 10.0 Å². The number of carbonyl (C=O) groups is 1. The van der Waals surface area contributed by atoms with Crippen LogP contribution in [0.2, 0.25) is 0 Å². The van der Waals surface area contributed by atoms with Gasteiger partial charge in [0.1, 0.15) is 22.5 Å². The van der Waals surface area contributed by atoms with Crippen molar-refractivity contribution >= 4 is 15.9 Å². The molecule has 29 heavy (non-hydrogen) atoms. The van der Waals surface area contributed by atoms with E-state index >= 15 is 0 Å². The van der Waals surface area contributed by atoms with Crippen LogP contribution >= 0.6 is 0 Å². The van der Waals surface area contributed by atoms with Gasteiger partial charge in [0.15, 0.2) is 5.82 Å². The zero-order valence-corrected chi connectivity index (χ0v) is 16.7. The van der Waals surface area contributed by atoms with Crippen molar-refractivity contribution in [3.8, 4) is 0 Å². The maximum Gasteiger partial charge on any atom is 0.270 e. The number of hydrogen-bond donors (Lipinski definition) is 3. The molecule has 10 heteroatoms. The van der Waals surface area contributed by atoms with Crippen molar-refractivity contribution in [2.75, 3.05) is 13.1 Å². The molecular weight excluding hydrogens is 392 g/mol. The van der Waals surface area contributed by atoms with Crippen LogP contribution in [-0.2, 0) is 10.0 Å². The molecule has 1 fully saturated rings. The lowest BCUT2D eigenvalue weighted by molar-refractivity contribution is 0.0787. The lowest BCUT2D eigenvalue weighted by atomic mass is 10.1. The van der Waals surface area contributed by atoms with E-state index in [1.807, 2.05) is 18.2 Å². The molecule has 1 aromatic carbocycles. The molecule has 3 heterocycles. The molecule has 9 nitrogen and oxygen atoms in total. The second-order valence-electron chi connectivity index (χ2n) is 6.99. The van der Waals surface area contributed by atoms with E-state index in [1.54, 1.807) is 24.0 Å². The Morgan fingerprint density at radius 3 is 2.59 bits per heavy atom. The molecule has 2 aromatic heterocycles. The normalized spacial score (nSPS) is 15.6. The Balaban J connectivity index is 1.61. The third-order valence-electron chi connectivity index (χ3n) is 4.87. The molecular formula is C19H22N6O3S. The number of aromatic amines is 2. The van der Waals surface area contributed by atoms with Gasteiger partial charge in [-0.25, -0.2) is 13.4 Å². The van der Waals surface area contributed by atoms with E-state index in [0.717, 1.165) is 12.8 Å². The summed E-state index contributed by atoms with van der Waals surface area (Å²) in [5, 5.41) is 6.87. The molecule has 0 saturated carbocycles. The second kappa shape index (κ2) is 7.80. The largest absolute Gasteiger partial charge is 0.356 e. The first-order valence-electron chi connectivity index (χ1n) is 9.38. The Bertz CT molecular complexity index is 1100. The van der Waals surface area contributed by atoms with Gasteiger partial charge in [-0.1, -0.05) is 30.3 Å². The van der Waals surface area contributed by atoms with Gasteiger partial charge in [-0.15, -0.1) is 0 Å². The molecule has 0 bridgehead atoms. The number of likely N-dealkylation sites (tertiary alicyclic amines) is 1. The maximum atomic E-state index is 13.0. The number of amides is 1. The summed E-state index contributed by atoms with van der Waals surface area (Å²) in [6, 6.07) is 9.70. The SMILES string of the molecule is Cc1nc(C(NS(=O)(=O)c2c[nH]c(C(=O)N3CCCC3)c2)c2ccccc2)n[nH]1. The van der Waals surface area contributed by atoms with Gasteiger partial charge < -0.3 is 9.88 Å². The van der Waals surface area contributed by atoms with Crippen LogP contribution in [0.5, 0.6) is 0 Å². The molecule has 1 atom stereocenters. The average Bonchev–Trinajstić information content (AvgIpc) is 3.47. The Labute approximate surface area is 168 Å². The molecule has 1 saturated heterocycles. The number of hydrogen-bond acceptors (Lipinski definition) is 5. The van der Waals surface area contributed by atoms with Crippen LogP contribution in [0.3, 0.4) is 0 Å². The van der Waals surface area contributed by atoms with Gasteiger partial charge in [0, 0.05) is 19.3 Å². The van der Waals surface area contributed by atoms with Crippen molar-refractivity contribution in [2.45, 2.75) is 30.7 Å². The van der Waals surface area contributed by atoms with Crippen LogP contribution in [0.15, 0.2) is 47.5 Å². The van der Waals surface area contributed by atoms with Gasteiger partial charge >= 0.3 is 0 Å². The summed E-state index contributed by atoms with van der Waals surface area (Å²) in [7, 11) is -3.93. The number of nitrogens with one attached hydrogen (secondary N) is 3. The highest BCUT2D eigenvalue weighted by atomic mass is 32.2. The van der Waals surface area contributed by atoms with E-state index < -0.39 is 16.1 Å². The van der Waals surface area contributed by atoms with Crippen LogP contribution in [0, 0.1) is 6.92 Å². The van der Waals surface area contributed by atoms with Crippen LogP contribution in [0.1, 0.15) is 46.6 Å². The summed E-state index contributed by atoms with van der Waals surface area (Å²) in [6.45, 7) is 3.13. The Morgan fingerprint density at radius 2 is 1.93 bits per heavy atom. The Morgan fingerprint density at radius 1 is 1.21 bits per heavy atom. The minimum Gasteiger partial charge on any atom is -0.356 e. The Hall–Kier alpha value is -2.98. The summed E-state index contributed by atoms with van der Waals surface area (Å²) < 4.78 is 28.7. The van der Waals surface area contributed by atoms with Gasteiger partial charge in [0.05, 0.1) is 0 Å². The molecule has 0 spiro atoms. The number of H-pyrrole nitrogens is 2. The Kier molecular flexibility index (Phi) is 5.20. The van der Waals surface area contributed by atoms with E-state index in [4.69, 9.17) is 0 Å². The molecule has 3 N–H and O–H groups in total. The lowest BCUT2D eigenvalue weighted by Gasteiger charge is -2.16. The van der Waals surface area contributed by atoms with E-state index in [2.05, 4.69) is 24.9 Å². The molecule has 3 aromatic rings. The highest BCUT2D eigenvalue weighted by Gasteiger charge is 2.28. The van der Waals surface area contributed by atoms with Gasteiger partial charge in [0.25, 0.3) is 5.91 Å². The van der Waals surface area contributed by atoms with Crippen LogP contribution < -0.4 is 4.72 Å². The lowest BCUT2D eigenvalue weighted by Crippen LogP contribution is -2.30. The van der Waals surface area contributed by atoms with Crippen LogP contribution in [0.4, 0.5) is 0 Å². The van der Waals surface area contributed by atoms with Gasteiger partial charge in [-0.3, -0.25) is 9.89 Å². The predicted molar refractivity (Wildman–Crippen MR) is 106 cm³/mol. The maximum absolute atomic E-state index is 13.0. The van der Waals surface area contributed by atoms with Crippen molar-refractivity contribution < 1.29 is 13.2 Å². The van der Waals surface area contributed by atoms with Crippen molar-refractivity contribution in [3.05, 3.63) is 65.5 Å². The summed E-state index contributed by atoms with van der Waals surface area (Å²) in [4.78, 5) is 21.3. The van der Waals surface area contributed by atoms with Gasteiger partial charge in [-0.2, -0.15) is 9.82 Å². The van der Waals surface area contributed by atoms with E-state index in [1.165, 1.54) is 12.3 Å². The van der Waals surface area contributed by atoms with E-state index in [-0.39, 0.29) is 16.5 Å². The first kappa shape index (κ1) is 19.3. The van der Waals surface area contributed by atoms with Crippen LogP contribution in [0.25, 0.3) is 0 Å². The highest BCUT2D eigenvalue weighted by Crippen LogP contribution is 2.23. The number of aromatic nitrogens is 4. The monoisotopic (exact) mass is 414 g/mol. The first-order chi connectivity index (χ1) is 13.9. The fourth-order valence-corrected chi connectivity index (χ4v) is 4.55. The van der Waals surface area contributed by atoms with Gasteiger partial charge in [-0.05, 0) is 31.4 Å². The molecule has 1 amide bonds. The number of carbonyl (C=O) groups excluding carboxylic acids is 1. The molecule has 1 unspecified atom stereocenters. The van der Waals surface area contributed by atoms with Crippen molar-refractivity contribution in [3.63, 3.8) is 0 Å². The fourth-order valence-electron chi connectivity index (χ4n) is 3.37. The fraction of sp³-hybridized carbons (Fsp3) is 0.316. The van der Waals surface area contributed by atoms with E-state index in [0.29, 0.717) is 30.3 Å². The van der Waals surface area contributed by atoms with Crippen LogP contribution in [-0.4, -0.2) is 52.5 Å². The summed E-state index contributed by atoms with van der Waals surface area (Å²) >= 11 is 0. The smallest absolute Gasteiger partial charge is 0.270 e. The molecule has 0 radical (unpaired) electrons. The molecule has 152 valence electrons. The van der Waals surface area contributed by atoms with Crippen molar-refractivity contribution in [1.82, 2.24) is 29.8 Å². The zero-order valence-electron chi connectivity index (χ0n) is 15.9. The third-order valence-corrected chi connectivity index (χ3v) is 6.27. The summed E-state index contributed by atoms with van der Waals surface area (Å²) in [5.41, 5.74) is 0.969. The average molecular weight is 414 g/mol. The second-order valence-corrected chi connectivity index (χ2v) is 8.71. The first-order valence-corrected chi connectivity index (χ1v) is 10.9. The summed E-state index contributed by atoms with van der Waals surface area (Å²) in [5.74, 6) is 0.717. The van der Waals surface area contributed by atoms with Crippen molar-refractivity contribution in [2.24, 2.45) is 0 Å². The number of sulfonamides is 1. The van der Waals surface area contributed by atoms with Crippen molar-refractivity contribution in [1.29, 1.82) is 0 Å². The summed E-state index contributed by atoms with van der Waals surface area (Å²) in [6.07, 6.45) is 3.26. The molecule has 1 aliphatic heterocycles. The molecule has 1 aliphatic rings. The predicted octanol–water partition coefficient (Wildman–Crippen LogP) is 1.75. The molecule has 0 aliphatic carbocycles. The number of benzene rings is 1. The zero-order chi connectivity index (χ0) is 20.4. The molecule has 4 rings (SSSR count). The topological polar surface area (TPSA) is 124 Å². The minimum atomic E-state index is -3.93. The number of aryl methyl sites for hydroxylation is 1. The van der Waals surface area contributed by atoms with E-state index in [9.17, 15) is 13.2 Å². The third kappa shape index (κ3) is 4.08. The minimum absolute atomic E-state index is 0.00626. The highest BCUT2D eigenvalue weighted by molar-refractivity contribution is 7.89. The number of nitrogens with zero attached hydrogens (tertiary/aromatic N) is 3.